The molecule has 2 rings (SSSR count). The first-order valence-electron chi connectivity index (χ1n) is 4.33. The number of hydrogen-bond acceptors (Lipinski definition) is 1. The first-order chi connectivity index (χ1) is 6.40. The monoisotopic (exact) mass is 171 g/mol. The normalized spacial score (nSPS) is 10.5. The molecule has 1 radical (unpaired) electrons. The quantitative estimate of drug-likeness (QED) is 0.735. The Hall–Kier alpha value is -1.34. The molecule has 1 N–H and O–H groups in total. The van der Waals surface area contributed by atoms with Gasteiger partial charge in [-0.25, -0.2) is 0 Å². The highest BCUT2D eigenvalue weighted by atomic mass is 16.2. The summed E-state index contributed by atoms with van der Waals surface area (Å²) in [6, 6.07) is 14.4. The summed E-state index contributed by atoms with van der Waals surface area (Å²) in [6.45, 7) is 0.0956. The second-order valence-corrected chi connectivity index (χ2v) is 2.99. The first-order valence-corrected chi connectivity index (χ1v) is 4.33. The van der Waals surface area contributed by atoms with Crippen LogP contribution in [-0.4, -0.2) is 11.7 Å². The molecule has 13 heavy (non-hydrogen) atoms. The van der Waals surface area contributed by atoms with Gasteiger partial charge < -0.3 is 5.11 Å². The van der Waals surface area contributed by atoms with E-state index in [1.165, 1.54) is 10.8 Å². The molecule has 0 fully saturated rings. The van der Waals surface area contributed by atoms with E-state index in [-0.39, 0.29) is 6.61 Å². The summed E-state index contributed by atoms with van der Waals surface area (Å²) in [4.78, 5) is 0. The molecule has 0 heterocycles. The lowest BCUT2D eigenvalue weighted by Gasteiger charge is -2.00. The second kappa shape index (κ2) is 3.58. The van der Waals surface area contributed by atoms with Crippen molar-refractivity contribution < 1.29 is 5.11 Å². The van der Waals surface area contributed by atoms with Crippen LogP contribution in [0.15, 0.2) is 42.5 Å². The van der Waals surface area contributed by atoms with Gasteiger partial charge in [-0.15, -0.1) is 0 Å². The van der Waals surface area contributed by atoms with Gasteiger partial charge in [0.25, 0.3) is 0 Å². The van der Waals surface area contributed by atoms with Gasteiger partial charge in [0.2, 0.25) is 0 Å². The summed E-state index contributed by atoms with van der Waals surface area (Å²) in [5.74, 6) is 0. The lowest BCUT2D eigenvalue weighted by atomic mass is 10.1. The van der Waals surface area contributed by atoms with Crippen LogP contribution < -0.4 is 0 Å². The molecule has 2 aromatic rings. The molecule has 0 aliphatic carbocycles. The average molecular weight is 171 g/mol. The Balaban J connectivity index is 2.49. The van der Waals surface area contributed by atoms with Crippen LogP contribution >= 0.6 is 0 Å². The molecule has 0 atom stereocenters. The largest absolute Gasteiger partial charge is 0.396 e. The maximum absolute atomic E-state index is 8.74. The van der Waals surface area contributed by atoms with Crippen molar-refractivity contribution in [2.45, 2.75) is 0 Å². The van der Waals surface area contributed by atoms with Gasteiger partial charge in [-0.2, -0.15) is 0 Å². The molecule has 0 amide bonds. The van der Waals surface area contributed by atoms with Gasteiger partial charge in [0.05, 0.1) is 6.61 Å². The lowest BCUT2D eigenvalue weighted by Crippen LogP contribution is -1.86. The van der Waals surface area contributed by atoms with Gasteiger partial charge in [0, 0.05) is 6.42 Å². The molecule has 0 bridgehead atoms. The molecule has 1 heteroatoms. The Labute approximate surface area is 77.6 Å². The van der Waals surface area contributed by atoms with Crippen molar-refractivity contribution in [1.29, 1.82) is 0 Å². The average Bonchev–Trinajstić information content (AvgIpc) is 2.18. The zero-order valence-electron chi connectivity index (χ0n) is 7.27. The van der Waals surface area contributed by atoms with Crippen LogP contribution in [0.3, 0.4) is 0 Å². The summed E-state index contributed by atoms with van der Waals surface area (Å²) >= 11 is 0. The maximum atomic E-state index is 8.74. The Morgan fingerprint density at radius 2 is 1.77 bits per heavy atom. The standard InChI is InChI=1S/C12H11O/c13-8-7-10-5-6-11-3-1-2-4-12(11)9-10/h1-7,9,13H,8H2. The minimum atomic E-state index is 0.0956. The molecule has 0 saturated heterocycles. The van der Waals surface area contributed by atoms with E-state index in [4.69, 9.17) is 5.11 Å². The molecule has 65 valence electrons. The SMILES string of the molecule is OC[CH]c1ccc2ccccc2c1. The highest BCUT2D eigenvalue weighted by molar-refractivity contribution is 5.83. The van der Waals surface area contributed by atoms with E-state index in [0.29, 0.717) is 0 Å². The van der Waals surface area contributed by atoms with Gasteiger partial charge in [-0.3, -0.25) is 0 Å². The van der Waals surface area contributed by atoms with E-state index >= 15 is 0 Å². The Bertz CT molecular complexity index is 407. The molecule has 0 aromatic heterocycles. The van der Waals surface area contributed by atoms with Crippen LogP contribution in [0.2, 0.25) is 0 Å². The fourth-order valence-electron chi connectivity index (χ4n) is 1.44. The molecule has 0 aliphatic rings. The van der Waals surface area contributed by atoms with Crippen molar-refractivity contribution in [3.05, 3.63) is 54.4 Å². The first kappa shape index (κ1) is 8.27. The van der Waals surface area contributed by atoms with E-state index < -0.39 is 0 Å². The van der Waals surface area contributed by atoms with E-state index in [2.05, 4.69) is 24.3 Å². The number of aliphatic hydroxyl groups excluding tert-OH is 1. The summed E-state index contributed by atoms with van der Waals surface area (Å²) in [7, 11) is 0. The van der Waals surface area contributed by atoms with Crippen LogP contribution in [0, 0.1) is 6.42 Å². The number of hydrogen-bond donors (Lipinski definition) is 1. The van der Waals surface area contributed by atoms with Crippen molar-refractivity contribution >= 4 is 10.8 Å². The van der Waals surface area contributed by atoms with Crippen LogP contribution in [0.25, 0.3) is 10.8 Å². The zero-order valence-corrected chi connectivity index (χ0v) is 7.27. The van der Waals surface area contributed by atoms with Crippen LogP contribution in [-0.2, 0) is 0 Å². The minimum absolute atomic E-state index is 0.0956. The van der Waals surface area contributed by atoms with Crippen LogP contribution in [0.1, 0.15) is 5.56 Å². The summed E-state index contributed by atoms with van der Waals surface area (Å²) < 4.78 is 0. The van der Waals surface area contributed by atoms with Crippen LogP contribution in [0.4, 0.5) is 0 Å². The van der Waals surface area contributed by atoms with Gasteiger partial charge in [-0.05, 0) is 16.3 Å². The molecular formula is C12H11O. The summed E-state index contributed by atoms with van der Waals surface area (Å²) in [5, 5.41) is 11.2. The molecule has 0 unspecified atom stereocenters. The molecule has 0 saturated carbocycles. The van der Waals surface area contributed by atoms with Crippen molar-refractivity contribution in [2.75, 3.05) is 6.61 Å². The van der Waals surface area contributed by atoms with Crippen LogP contribution in [0.5, 0.6) is 0 Å². The van der Waals surface area contributed by atoms with Gasteiger partial charge in [-0.1, -0.05) is 42.5 Å². The molecule has 0 aliphatic heterocycles. The summed E-state index contributed by atoms with van der Waals surface area (Å²) in [5.41, 5.74) is 1.07. The van der Waals surface area contributed by atoms with Crippen molar-refractivity contribution in [2.24, 2.45) is 0 Å². The molecular weight excluding hydrogens is 160 g/mol. The number of fused-ring (bicyclic) bond motifs is 1. The highest BCUT2D eigenvalue weighted by Gasteiger charge is 1.94. The predicted molar refractivity (Wildman–Crippen MR) is 54.4 cm³/mol. The lowest BCUT2D eigenvalue weighted by molar-refractivity contribution is 0.331. The third kappa shape index (κ3) is 1.70. The summed E-state index contributed by atoms with van der Waals surface area (Å²) in [6.07, 6.45) is 1.80. The minimum Gasteiger partial charge on any atom is -0.396 e. The number of rotatable bonds is 2. The molecule has 1 nitrogen and oxygen atoms in total. The van der Waals surface area contributed by atoms with Crippen molar-refractivity contribution in [1.82, 2.24) is 0 Å². The maximum Gasteiger partial charge on any atom is 0.0506 e. The number of benzene rings is 2. The van der Waals surface area contributed by atoms with E-state index in [1.54, 1.807) is 6.42 Å². The fourth-order valence-corrected chi connectivity index (χ4v) is 1.44. The topological polar surface area (TPSA) is 20.2 Å². The Morgan fingerprint density at radius 1 is 1.00 bits per heavy atom. The third-order valence-electron chi connectivity index (χ3n) is 2.10. The number of aliphatic hydroxyl groups is 1. The fraction of sp³-hybridized carbons (Fsp3) is 0.0833. The Kier molecular flexibility index (Phi) is 2.28. The van der Waals surface area contributed by atoms with Gasteiger partial charge in [0.1, 0.15) is 0 Å². The van der Waals surface area contributed by atoms with Gasteiger partial charge in [0.15, 0.2) is 0 Å². The van der Waals surface area contributed by atoms with E-state index in [9.17, 15) is 0 Å². The zero-order chi connectivity index (χ0) is 9.10. The van der Waals surface area contributed by atoms with Crippen molar-refractivity contribution in [3.63, 3.8) is 0 Å². The molecule has 2 aromatic carbocycles. The van der Waals surface area contributed by atoms with E-state index in [1.807, 2.05) is 18.2 Å². The third-order valence-corrected chi connectivity index (χ3v) is 2.10. The van der Waals surface area contributed by atoms with Gasteiger partial charge >= 0.3 is 0 Å². The van der Waals surface area contributed by atoms with Crippen molar-refractivity contribution in [3.8, 4) is 0 Å². The highest BCUT2D eigenvalue weighted by Crippen LogP contribution is 2.16. The Morgan fingerprint density at radius 3 is 2.54 bits per heavy atom. The second-order valence-electron chi connectivity index (χ2n) is 2.99. The van der Waals surface area contributed by atoms with E-state index in [0.717, 1.165) is 5.56 Å². The smallest absolute Gasteiger partial charge is 0.0506 e. The molecule has 0 spiro atoms. The predicted octanol–water partition coefficient (Wildman–Crippen LogP) is 2.38.